The van der Waals surface area contributed by atoms with Crippen LogP contribution in [-0.2, 0) is 20.7 Å². The molecule has 2 atom stereocenters. The van der Waals surface area contributed by atoms with Crippen molar-refractivity contribution in [1.29, 1.82) is 0 Å². The van der Waals surface area contributed by atoms with Gasteiger partial charge in [-0.2, -0.15) is 0 Å². The van der Waals surface area contributed by atoms with Crippen molar-refractivity contribution >= 4 is 12.1 Å². The number of carbonyl (C=O) groups is 2. The monoisotopic (exact) mass is 347 g/mol. The third-order valence-electron chi connectivity index (χ3n) is 4.33. The second kappa shape index (κ2) is 8.37. The number of rotatable bonds is 5. The second-order valence-electron chi connectivity index (χ2n) is 7.53. The van der Waals surface area contributed by atoms with E-state index in [0.717, 1.165) is 12.8 Å². The summed E-state index contributed by atoms with van der Waals surface area (Å²) in [6.07, 6.45) is 1.36. The summed E-state index contributed by atoms with van der Waals surface area (Å²) in [6.45, 7) is 8.59. The molecule has 0 spiro atoms. The van der Waals surface area contributed by atoms with Crippen molar-refractivity contribution in [1.82, 2.24) is 4.90 Å². The molecule has 138 valence electrons. The van der Waals surface area contributed by atoms with E-state index in [-0.39, 0.29) is 23.9 Å². The average Bonchev–Trinajstić information content (AvgIpc) is 2.97. The summed E-state index contributed by atoms with van der Waals surface area (Å²) >= 11 is 0. The van der Waals surface area contributed by atoms with E-state index in [4.69, 9.17) is 9.47 Å². The molecule has 0 aliphatic carbocycles. The van der Waals surface area contributed by atoms with E-state index < -0.39 is 5.60 Å². The normalized spacial score (nSPS) is 20.4. The molecule has 1 aromatic carbocycles. The molecule has 25 heavy (non-hydrogen) atoms. The van der Waals surface area contributed by atoms with Crippen LogP contribution in [0.5, 0.6) is 0 Å². The summed E-state index contributed by atoms with van der Waals surface area (Å²) in [7, 11) is 0. The van der Waals surface area contributed by atoms with Gasteiger partial charge in [0.2, 0.25) is 0 Å². The molecule has 1 aromatic rings. The van der Waals surface area contributed by atoms with E-state index in [1.54, 1.807) is 11.8 Å². The number of hydrogen-bond acceptors (Lipinski definition) is 4. The van der Waals surface area contributed by atoms with Gasteiger partial charge in [-0.1, -0.05) is 30.3 Å². The van der Waals surface area contributed by atoms with Gasteiger partial charge in [-0.3, -0.25) is 4.79 Å². The van der Waals surface area contributed by atoms with E-state index in [1.807, 2.05) is 39.0 Å². The van der Waals surface area contributed by atoms with E-state index in [9.17, 15) is 9.59 Å². The Morgan fingerprint density at radius 3 is 2.44 bits per heavy atom. The first-order valence-corrected chi connectivity index (χ1v) is 8.98. The maximum Gasteiger partial charge on any atom is 0.410 e. The zero-order valence-electron chi connectivity index (χ0n) is 15.7. The molecule has 1 amide bonds. The SMILES string of the molecule is CCOC(=O)C1CN(C(=O)OC(C)(C)C)CC1CCc1ccccc1. The van der Waals surface area contributed by atoms with Crippen LogP contribution in [0.3, 0.4) is 0 Å². The average molecular weight is 347 g/mol. The quantitative estimate of drug-likeness (QED) is 0.763. The molecule has 2 rings (SSSR count). The van der Waals surface area contributed by atoms with Crippen molar-refractivity contribution in [2.24, 2.45) is 11.8 Å². The van der Waals surface area contributed by atoms with Crippen molar-refractivity contribution in [3.63, 3.8) is 0 Å². The number of likely N-dealkylation sites (tertiary alicyclic amines) is 1. The molecule has 1 fully saturated rings. The van der Waals surface area contributed by atoms with Crippen molar-refractivity contribution in [2.75, 3.05) is 19.7 Å². The number of amides is 1. The van der Waals surface area contributed by atoms with Crippen LogP contribution in [0.15, 0.2) is 30.3 Å². The first-order valence-electron chi connectivity index (χ1n) is 8.98. The summed E-state index contributed by atoms with van der Waals surface area (Å²) < 4.78 is 10.7. The summed E-state index contributed by atoms with van der Waals surface area (Å²) in [5, 5.41) is 0. The van der Waals surface area contributed by atoms with E-state index in [1.165, 1.54) is 5.56 Å². The van der Waals surface area contributed by atoms with Gasteiger partial charge < -0.3 is 14.4 Å². The number of carbonyl (C=O) groups excluding carboxylic acids is 2. The van der Waals surface area contributed by atoms with Crippen LogP contribution in [0.4, 0.5) is 4.79 Å². The molecule has 5 heteroatoms. The van der Waals surface area contributed by atoms with Gasteiger partial charge in [0.25, 0.3) is 0 Å². The highest BCUT2D eigenvalue weighted by Gasteiger charge is 2.41. The lowest BCUT2D eigenvalue weighted by atomic mass is 9.90. The zero-order valence-corrected chi connectivity index (χ0v) is 15.7. The van der Waals surface area contributed by atoms with Crippen molar-refractivity contribution < 1.29 is 19.1 Å². The smallest absolute Gasteiger partial charge is 0.410 e. The Kier molecular flexibility index (Phi) is 6.45. The molecule has 1 heterocycles. The first-order chi connectivity index (χ1) is 11.8. The van der Waals surface area contributed by atoms with Gasteiger partial charge in [-0.05, 0) is 52.0 Å². The Balaban J connectivity index is 2.03. The lowest BCUT2D eigenvalue weighted by molar-refractivity contribution is -0.148. The van der Waals surface area contributed by atoms with E-state index in [0.29, 0.717) is 19.7 Å². The van der Waals surface area contributed by atoms with Crippen molar-refractivity contribution in [2.45, 2.75) is 46.1 Å². The molecule has 1 saturated heterocycles. The number of hydrogen-bond donors (Lipinski definition) is 0. The fourth-order valence-corrected chi connectivity index (χ4v) is 3.15. The number of benzene rings is 1. The highest BCUT2D eigenvalue weighted by atomic mass is 16.6. The van der Waals surface area contributed by atoms with E-state index in [2.05, 4.69) is 12.1 Å². The molecule has 0 saturated carbocycles. The van der Waals surface area contributed by atoms with E-state index >= 15 is 0 Å². The maximum atomic E-state index is 12.4. The first kappa shape index (κ1) is 19.3. The van der Waals surface area contributed by atoms with Crippen molar-refractivity contribution in [3.8, 4) is 0 Å². The number of aryl methyl sites for hydroxylation is 1. The molecular weight excluding hydrogens is 318 g/mol. The standard InChI is InChI=1S/C20H29NO4/c1-5-24-18(22)17-14-21(19(23)25-20(2,3)4)13-16(17)12-11-15-9-7-6-8-10-15/h6-10,16-17H,5,11-14H2,1-4H3. The highest BCUT2D eigenvalue weighted by Crippen LogP contribution is 2.30. The molecule has 0 radical (unpaired) electrons. The van der Waals surface area contributed by atoms with Gasteiger partial charge in [-0.25, -0.2) is 4.79 Å². The lowest BCUT2D eigenvalue weighted by Crippen LogP contribution is -2.36. The topological polar surface area (TPSA) is 55.8 Å². The largest absolute Gasteiger partial charge is 0.466 e. The Labute approximate surface area is 150 Å². The Hall–Kier alpha value is -2.04. The van der Waals surface area contributed by atoms with Gasteiger partial charge in [-0.15, -0.1) is 0 Å². The molecule has 0 aromatic heterocycles. The van der Waals surface area contributed by atoms with Crippen LogP contribution in [0.2, 0.25) is 0 Å². The molecule has 1 aliphatic rings. The van der Waals surface area contributed by atoms with Crippen LogP contribution in [0, 0.1) is 11.8 Å². The van der Waals surface area contributed by atoms with Crippen LogP contribution in [0.25, 0.3) is 0 Å². The van der Waals surface area contributed by atoms with Gasteiger partial charge >= 0.3 is 12.1 Å². The van der Waals surface area contributed by atoms with Gasteiger partial charge in [0.1, 0.15) is 5.60 Å². The molecule has 1 aliphatic heterocycles. The van der Waals surface area contributed by atoms with Crippen LogP contribution < -0.4 is 0 Å². The molecule has 2 unspecified atom stereocenters. The minimum Gasteiger partial charge on any atom is -0.466 e. The second-order valence-corrected chi connectivity index (χ2v) is 7.53. The Bertz CT molecular complexity index is 579. The predicted molar refractivity (Wildman–Crippen MR) is 96.2 cm³/mol. The molecular formula is C20H29NO4. The molecule has 0 bridgehead atoms. The summed E-state index contributed by atoms with van der Waals surface area (Å²) in [5.74, 6) is -0.408. The Morgan fingerprint density at radius 2 is 1.84 bits per heavy atom. The number of esters is 1. The number of nitrogens with zero attached hydrogens (tertiary/aromatic N) is 1. The minimum absolute atomic E-state index is 0.0896. The lowest BCUT2D eigenvalue weighted by Gasteiger charge is -2.24. The van der Waals surface area contributed by atoms with Gasteiger partial charge in [0.05, 0.1) is 12.5 Å². The fraction of sp³-hybridized carbons (Fsp3) is 0.600. The minimum atomic E-state index is -0.543. The highest BCUT2D eigenvalue weighted by molar-refractivity contribution is 5.76. The summed E-state index contributed by atoms with van der Waals surface area (Å²) in [6, 6.07) is 10.2. The van der Waals surface area contributed by atoms with Gasteiger partial charge in [0, 0.05) is 13.1 Å². The predicted octanol–water partition coefficient (Wildman–Crippen LogP) is 3.67. The van der Waals surface area contributed by atoms with Gasteiger partial charge in [0.15, 0.2) is 0 Å². The van der Waals surface area contributed by atoms with Crippen molar-refractivity contribution in [3.05, 3.63) is 35.9 Å². The maximum absolute atomic E-state index is 12.4. The summed E-state index contributed by atoms with van der Waals surface area (Å²) in [4.78, 5) is 26.3. The fourth-order valence-electron chi connectivity index (χ4n) is 3.15. The third kappa shape index (κ3) is 5.76. The van der Waals surface area contributed by atoms with Crippen LogP contribution >= 0.6 is 0 Å². The summed E-state index contributed by atoms with van der Waals surface area (Å²) in [5.41, 5.74) is 0.694. The third-order valence-corrected chi connectivity index (χ3v) is 4.33. The zero-order chi connectivity index (χ0) is 18.4. The molecule has 0 N–H and O–H groups in total. The molecule has 5 nitrogen and oxygen atoms in total. The number of ether oxygens (including phenoxy) is 2. The Morgan fingerprint density at radius 1 is 1.16 bits per heavy atom. The van der Waals surface area contributed by atoms with Crippen LogP contribution in [-0.4, -0.2) is 42.3 Å². The van der Waals surface area contributed by atoms with Crippen LogP contribution in [0.1, 0.15) is 39.7 Å².